The molecule has 1 heteroatoms. The van der Waals surface area contributed by atoms with Crippen LogP contribution in [0.25, 0.3) is 0 Å². The van der Waals surface area contributed by atoms with Crippen LogP contribution in [0.2, 0.25) is 0 Å². The fraction of sp³-hybridized carbons (Fsp3) is 0.615. The topological polar surface area (TPSA) is 0 Å². The van der Waals surface area contributed by atoms with E-state index in [1.165, 1.54) is 0 Å². The third-order valence-electron chi connectivity index (χ3n) is 2.24. The van der Waals surface area contributed by atoms with Crippen LogP contribution in [0.5, 0.6) is 0 Å². The predicted molar refractivity (Wildman–Crippen MR) is 67.9 cm³/mol. The molecule has 0 nitrogen and oxygen atoms in total. The summed E-state index contributed by atoms with van der Waals surface area (Å²) in [5.41, 5.74) is 0. The van der Waals surface area contributed by atoms with Crippen LogP contribution in [-0.2, 0) is 0 Å². The van der Waals surface area contributed by atoms with Crippen molar-refractivity contribution >= 4 is 7.92 Å². The Morgan fingerprint density at radius 1 is 0.929 bits per heavy atom. The van der Waals surface area contributed by atoms with Crippen molar-refractivity contribution in [3.05, 3.63) is 30.0 Å². The maximum Gasteiger partial charge on any atom is 0.00573 e. The lowest BCUT2D eigenvalue weighted by atomic mass is 10.2. The Bertz CT molecular complexity index is 244. The molecule has 1 aliphatic rings. The summed E-state index contributed by atoms with van der Waals surface area (Å²) in [6, 6.07) is 0. The van der Waals surface area contributed by atoms with Gasteiger partial charge < -0.3 is 0 Å². The molecule has 0 N–H and O–H groups in total. The molecule has 1 radical (unpaired) electrons. The van der Waals surface area contributed by atoms with Gasteiger partial charge in [-0.25, -0.2) is 0 Å². The molecule has 0 heterocycles. The summed E-state index contributed by atoms with van der Waals surface area (Å²) in [5.74, 6) is 0. The maximum atomic E-state index is 2.36. The second-order valence-electron chi connectivity index (χ2n) is 5.82. The highest BCUT2D eigenvalue weighted by atomic mass is 31.1. The molecule has 0 saturated heterocycles. The van der Waals surface area contributed by atoms with Gasteiger partial charge in [-0.1, -0.05) is 67.7 Å². The quantitative estimate of drug-likeness (QED) is 0.548. The highest BCUT2D eigenvalue weighted by Crippen LogP contribution is 2.65. The number of hydrogen-bond acceptors (Lipinski definition) is 0. The van der Waals surface area contributed by atoms with E-state index in [1.807, 2.05) is 0 Å². The molecule has 0 aromatic heterocycles. The first-order valence-corrected chi connectivity index (χ1v) is 6.59. The van der Waals surface area contributed by atoms with Crippen LogP contribution < -0.4 is 0 Å². The van der Waals surface area contributed by atoms with E-state index in [1.54, 1.807) is 5.31 Å². The second-order valence-corrected chi connectivity index (χ2v) is 9.69. The highest BCUT2D eigenvalue weighted by molar-refractivity contribution is 7.65. The van der Waals surface area contributed by atoms with Crippen LogP contribution in [0.15, 0.2) is 23.5 Å². The molecule has 0 saturated carbocycles. The van der Waals surface area contributed by atoms with Gasteiger partial charge in [-0.3, -0.25) is 0 Å². The summed E-state index contributed by atoms with van der Waals surface area (Å²) in [5, 5.41) is 2.32. The largest absolute Gasteiger partial charge is 0.0761 e. The Hall–Kier alpha value is -0.0900. The monoisotopic (exact) mass is 209 g/mol. The lowest BCUT2D eigenvalue weighted by Gasteiger charge is -2.42. The molecule has 0 aliphatic heterocycles. The minimum absolute atomic E-state index is 0.101. The van der Waals surface area contributed by atoms with Crippen molar-refractivity contribution < 1.29 is 0 Å². The summed E-state index contributed by atoms with van der Waals surface area (Å²) < 4.78 is 0. The van der Waals surface area contributed by atoms with E-state index < -0.39 is 0 Å². The average Bonchev–Trinajstić information content (AvgIpc) is 2.31. The van der Waals surface area contributed by atoms with Gasteiger partial charge in [0.05, 0.1) is 0 Å². The molecule has 1 aliphatic carbocycles. The molecule has 0 unspecified atom stereocenters. The summed E-state index contributed by atoms with van der Waals surface area (Å²) in [6.45, 7) is 14.1. The molecular weight excluding hydrogens is 187 g/mol. The number of rotatable bonds is 1. The molecule has 1 rings (SSSR count). The zero-order valence-electron chi connectivity index (χ0n) is 10.3. The molecule has 0 fully saturated rings. The van der Waals surface area contributed by atoms with Crippen molar-refractivity contribution in [2.75, 3.05) is 0 Å². The Balaban J connectivity index is 3.00. The summed E-state index contributed by atoms with van der Waals surface area (Å²) in [7, 11) is -0.101. The summed E-state index contributed by atoms with van der Waals surface area (Å²) in [6.07, 6.45) is 8.87. The summed E-state index contributed by atoms with van der Waals surface area (Å²) >= 11 is 0. The molecule has 0 aromatic rings. The second kappa shape index (κ2) is 3.81. The van der Waals surface area contributed by atoms with Crippen molar-refractivity contribution in [1.29, 1.82) is 0 Å². The molecule has 0 atom stereocenters. The Morgan fingerprint density at radius 2 is 1.43 bits per heavy atom. The van der Waals surface area contributed by atoms with Crippen LogP contribution in [0, 0.1) is 6.42 Å². The molecule has 14 heavy (non-hydrogen) atoms. The smallest absolute Gasteiger partial charge is 0.00573 e. The van der Waals surface area contributed by atoms with Gasteiger partial charge in [0.25, 0.3) is 0 Å². The normalized spacial score (nSPS) is 17.8. The molecule has 0 spiro atoms. The van der Waals surface area contributed by atoms with Gasteiger partial charge in [0, 0.05) is 6.42 Å². The number of hydrogen-bond donors (Lipinski definition) is 0. The third-order valence-corrected chi connectivity index (χ3v) is 5.74. The molecule has 79 valence electrons. The number of allylic oxidation sites excluding steroid dienone is 4. The van der Waals surface area contributed by atoms with Crippen LogP contribution >= 0.6 is 7.92 Å². The van der Waals surface area contributed by atoms with E-state index in [0.717, 1.165) is 0 Å². The zero-order chi connectivity index (χ0) is 11.0. The molecular formula is C13H22P. The van der Waals surface area contributed by atoms with E-state index in [-0.39, 0.29) is 7.92 Å². The SMILES string of the molecule is CC(C)(C)P(C1=C[CH]C=C1)C(C)(C)C. The minimum Gasteiger partial charge on any atom is -0.0761 e. The van der Waals surface area contributed by atoms with E-state index in [0.29, 0.717) is 10.3 Å². The standard InChI is InChI=1S/C13H22P/c1-12(2,3)14(13(4,5)6)11-9-7-8-10-11/h7-10H,1-6H3. The van der Waals surface area contributed by atoms with Gasteiger partial charge in [-0.2, -0.15) is 0 Å². The maximum absolute atomic E-state index is 2.36. The van der Waals surface area contributed by atoms with Crippen molar-refractivity contribution in [1.82, 2.24) is 0 Å². The Morgan fingerprint density at radius 3 is 1.71 bits per heavy atom. The molecule has 0 bridgehead atoms. The Labute approximate surface area is 90.2 Å². The zero-order valence-corrected chi connectivity index (χ0v) is 11.2. The summed E-state index contributed by atoms with van der Waals surface area (Å²) in [4.78, 5) is 0. The van der Waals surface area contributed by atoms with E-state index in [9.17, 15) is 0 Å². The van der Waals surface area contributed by atoms with Gasteiger partial charge >= 0.3 is 0 Å². The predicted octanol–water partition coefficient (Wildman–Crippen LogP) is 4.72. The average molecular weight is 209 g/mol. The van der Waals surface area contributed by atoms with E-state index in [4.69, 9.17) is 0 Å². The third kappa shape index (κ3) is 2.70. The van der Waals surface area contributed by atoms with Crippen LogP contribution in [-0.4, -0.2) is 10.3 Å². The fourth-order valence-corrected chi connectivity index (χ4v) is 6.33. The van der Waals surface area contributed by atoms with E-state index >= 15 is 0 Å². The van der Waals surface area contributed by atoms with Crippen molar-refractivity contribution in [3.8, 4) is 0 Å². The van der Waals surface area contributed by atoms with Gasteiger partial charge in [-0.15, -0.1) is 0 Å². The molecule has 0 aromatic carbocycles. The van der Waals surface area contributed by atoms with Gasteiger partial charge in [0.2, 0.25) is 0 Å². The lowest BCUT2D eigenvalue weighted by Crippen LogP contribution is -2.25. The first kappa shape index (κ1) is 12.0. The van der Waals surface area contributed by atoms with Crippen LogP contribution in [0.1, 0.15) is 41.5 Å². The van der Waals surface area contributed by atoms with Crippen LogP contribution in [0.3, 0.4) is 0 Å². The van der Waals surface area contributed by atoms with Crippen LogP contribution in [0.4, 0.5) is 0 Å². The first-order chi connectivity index (χ1) is 6.23. The molecule has 0 amide bonds. The lowest BCUT2D eigenvalue weighted by molar-refractivity contribution is 0.712. The van der Waals surface area contributed by atoms with Crippen molar-refractivity contribution in [2.45, 2.75) is 51.9 Å². The first-order valence-electron chi connectivity index (χ1n) is 5.25. The van der Waals surface area contributed by atoms with Crippen molar-refractivity contribution in [2.24, 2.45) is 0 Å². The minimum atomic E-state index is -0.101. The Kier molecular flexibility index (Phi) is 3.26. The van der Waals surface area contributed by atoms with Gasteiger partial charge in [0.15, 0.2) is 0 Å². The highest BCUT2D eigenvalue weighted by Gasteiger charge is 2.36. The van der Waals surface area contributed by atoms with Crippen molar-refractivity contribution in [3.63, 3.8) is 0 Å². The van der Waals surface area contributed by atoms with Gasteiger partial charge in [-0.05, 0) is 15.6 Å². The van der Waals surface area contributed by atoms with Gasteiger partial charge in [0.1, 0.15) is 0 Å². The van der Waals surface area contributed by atoms with E-state index in [2.05, 4.69) is 66.2 Å². The fourth-order valence-electron chi connectivity index (χ4n) is 2.29.